The third kappa shape index (κ3) is 2.41. The van der Waals surface area contributed by atoms with Crippen LogP contribution in [0.15, 0.2) is 24.3 Å². The van der Waals surface area contributed by atoms with Crippen LogP contribution in [0.3, 0.4) is 0 Å². The first-order valence-corrected chi connectivity index (χ1v) is 5.94. The molecule has 0 aliphatic rings. The molecule has 0 aliphatic carbocycles. The molecule has 5 nitrogen and oxygen atoms in total. The summed E-state index contributed by atoms with van der Waals surface area (Å²) < 4.78 is 1.78. The van der Waals surface area contributed by atoms with Crippen LogP contribution in [-0.2, 0) is 0 Å². The van der Waals surface area contributed by atoms with Crippen molar-refractivity contribution < 1.29 is 0 Å². The lowest BCUT2D eigenvalue weighted by Gasteiger charge is -2.12. The Morgan fingerprint density at radius 1 is 1.11 bits per heavy atom. The van der Waals surface area contributed by atoms with Crippen molar-refractivity contribution in [2.45, 2.75) is 0 Å². The molecule has 96 valence electrons. The Bertz CT molecular complexity index is 547. The van der Waals surface area contributed by atoms with Gasteiger partial charge in [-0.25, -0.2) is 0 Å². The zero-order valence-corrected chi connectivity index (χ0v) is 11.7. The van der Waals surface area contributed by atoms with Gasteiger partial charge in [-0.15, -0.1) is 5.10 Å². The Morgan fingerprint density at radius 2 is 1.83 bits per heavy atom. The van der Waals surface area contributed by atoms with Crippen molar-refractivity contribution in [3.8, 4) is 5.69 Å². The third-order valence-electron chi connectivity index (χ3n) is 2.43. The van der Waals surface area contributed by atoms with E-state index in [4.69, 9.17) is 11.6 Å². The van der Waals surface area contributed by atoms with Crippen LogP contribution in [-0.4, -0.2) is 43.0 Å². The Labute approximate surface area is 112 Å². The zero-order chi connectivity index (χ0) is 13.3. The van der Waals surface area contributed by atoms with Crippen LogP contribution >= 0.6 is 11.6 Å². The fraction of sp³-hybridized carbons (Fsp3) is 0.333. The number of hydrogen-bond acceptors (Lipinski definition) is 4. The molecule has 0 saturated carbocycles. The average molecular weight is 266 g/mol. The number of aromatic nitrogens is 3. The van der Waals surface area contributed by atoms with Crippen molar-refractivity contribution in [3.05, 3.63) is 29.3 Å². The number of anilines is 2. The summed E-state index contributed by atoms with van der Waals surface area (Å²) in [6.45, 7) is 0. The highest BCUT2D eigenvalue weighted by atomic mass is 35.5. The van der Waals surface area contributed by atoms with Gasteiger partial charge in [0.1, 0.15) is 0 Å². The van der Waals surface area contributed by atoms with Crippen LogP contribution < -0.4 is 9.80 Å². The molecule has 1 aromatic heterocycles. The summed E-state index contributed by atoms with van der Waals surface area (Å²) in [5.74, 6) is 1.43. The summed E-state index contributed by atoms with van der Waals surface area (Å²) in [5, 5.41) is 5.15. The average Bonchev–Trinajstić information content (AvgIpc) is 2.73. The minimum absolute atomic E-state index is 0.665. The lowest BCUT2D eigenvalue weighted by molar-refractivity contribution is 0.843. The Balaban J connectivity index is 2.55. The first kappa shape index (κ1) is 12.7. The molecule has 18 heavy (non-hydrogen) atoms. The summed E-state index contributed by atoms with van der Waals surface area (Å²) in [4.78, 5) is 8.26. The Morgan fingerprint density at radius 3 is 2.39 bits per heavy atom. The molecule has 0 N–H and O–H groups in total. The van der Waals surface area contributed by atoms with Crippen LogP contribution in [0.1, 0.15) is 0 Å². The number of halogens is 1. The molecule has 6 heteroatoms. The maximum Gasteiger partial charge on any atom is 0.246 e. The molecule has 0 fully saturated rings. The van der Waals surface area contributed by atoms with E-state index in [1.807, 2.05) is 62.3 Å². The van der Waals surface area contributed by atoms with E-state index in [2.05, 4.69) is 10.1 Å². The fourth-order valence-electron chi connectivity index (χ4n) is 1.55. The number of hydrogen-bond donors (Lipinski definition) is 0. The van der Waals surface area contributed by atoms with E-state index < -0.39 is 0 Å². The van der Waals surface area contributed by atoms with Gasteiger partial charge in [0, 0.05) is 33.2 Å². The van der Waals surface area contributed by atoms with Gasteiger partial charge in [0.25, 0.3) is 0 Å². The van der Waals surface area contributed by atoms with Gasteiger partial charge >= 0.3 is 0 Å². The van der Waals surface area contributed by atoms with Gasteiger partial charge in [-0.05, 0) is 18.2 Å². The van der Waals surface area contributed by atoms with Crippen molar-refractivity contribution in [1.82, 2.24) is 14.8 Å². The SMILES string of the molecule is CN(C)c1nc(N(C)C)n(-c2cccc(Cl)c2)n1. The first-order valence-electron chi connectivity index (χ1n) is 5.56. The highest BCUT2D eigenvalue weighted by molar-refractivity contribution is 6.30. The second-order valence-electron chi connectivity index (χ2n) is 4.39. The van der Waals surface area contributed by atoms with Gasteiger partial charge in [0.2, 0.25) is 11.9 Å². The summed E-state index contributed by atoms with van der Waals surface area (Å²) in [6.07, 6.45) is 0. The predicted octanol–water partition coefficient (Wildman–Crippen LogP) is 2.05. The molecule has 0 saturated heterocycles. The largest absolute Gasteiger partial charge is 0.347 e. The number of nitrogens with zero attached hydrogens (tertiary/aromatic N) is 5. The molecule has 0 aliphatic heterocycles. The Kier molecular flexibility index (Phi) is 3.43. The summed E-state index contributed by atoms with van der Waals surface area (Å²) in [7, 11) is 7.70. The molecule has 0 radical (unpaired) electrons. The molecule has 0 atom stereocenters. The minimum atomic E-state index is 0.665. The van der Waals surface area contributed by atoms with Gasteiger partial charge in [-0.1, -0.05) is 17.7 Å². The summed E-state index contributed by atoms with van der Waals surface area (Å²) in [6, 6.07) is 7.55. The van der Waals surface area contributed by atoms with Crippen molar-refractivity contribution >= 4 is 23.5 Å². The van der Waals surface area contributed by atoms with Crippen LogP contribution in [0.5, 0.6) is 0 Å². The van der Waals surface area contributed by atoms with E-state index in [1.54, 1.807) is 4.68 Å². The summed E-state index contributed by atoms with van der Waals surface area (Å²) >= 11 is 6.01. The molecule has 0 bridgehead atoms. The zero-order valence-electron chi connectivity index (χ0n) is 10.9. The standard InChI is InChI=1S/C12H16ClN5/c1-16(2)11-14-12(17(3)4)18(15-11)10-7-5-6-9(13)8-10/h5-8H,1-4H3. The van der Waals surface area contributed by atoms with Gasteiger partial charge in [0.05, 0.1) is 5.69 Å². The van der Waals surface area contributed by atoms with Gasteiger partial charge < -0.3 is 9.80 Å². The second kappa shape index (κ2) is 4.86. The molecule has 0 amide bonds. The first-order chi connectivity index (χ1) is 8.49. The lowest BCUT2D eigenvalue weighted by atomic mass is 10.3. The summed E-state index contributed by atoms with van der Waals surface area (Å²) in [5.41, 5.74) is 0.895. The van der Waals surface area contributed by atoms with Crippen molar-refractivity contribution in [2.24, 2.45) is 0 Å². The monoisotopic (exact) mass is 265 g/mol. The normalized spacial score (nSPS) is 10.5. The maximum atomic E-state index is 6.01. The van der Waals surface area contributed by atoms with E-state index in [1.165, 1.54) is 0 Å². The van der Waals surface area contributed by atoms with Crippen molar-refractivity contribution in [3.63, 3.8) is 0 Å². The van der Waals surface area contributed by atoms with Crippen LogP contribution in [0, 0.1) is 0 Å². The van der Waals surface area contributed by atoms with Gasteiger partial charge in [0.15, 0.2) is 0 Å². The molecular weight excluding hydrogens is 250 g/mol. The minimum Gasteiger partial charge on any atom is -0.347 e. The van der Waals surface area contributed by atoms with Crippen LogP contribution in [0.4, 0.5) is 11.9 Å². The quantitative estimate of drug-likeness (QED) is 0.851. The van der Waals surface area contributed by atoms with Crippen molar-refractivity contribution in [1.29, 1.82) is 0 Å². The highest BCUT2D eigenvalue weighted by Gasteiger charge is 2.14. The molecular formula is C12H16ClN5. The van der Waals surface area contributed by atoms with E-state index in [-0.39, 0.29) is 0 Å². The van der Waals surface area contributed by atoms with E-state index in [0.29, 0.717) is 11.0 Å². The van der Waals surface area contributed by atoms with E-state index >= 15 is 0 Å². The molecule has 0 spiro atoms. The van der Waals surface area contributed by atoms with Crippen LogP contribution in [0.25, 0.3) is 5.69 Å². The number of rotatable bonds is 3. The molecule has 2 rings (SSSR count). The topological polar surface area (TPSA) is 37.2 Å². The van der Waals surface area contributed by atoms with Gasteiger partial charge in [-0.3, -0.25) is 0 Å². The Hall–Kier alpha value is -1.75. The smallest absolute Gasteiger partial charge is 0.246 e. The van der Waals surface area contributed by atoms with E-state index in [0.717, 1.165) is 11.6 Å². The highest BCUT2D eigenvalue weighted by Crippen LogP contribution is 2.21. The molecule has 1 heterocycles. The second-order valence-corrected chi connectivity index (χ2v) is 4.83. The lowest BCUT2D eigenvalue weighted by Crippen LogP contribution is -2.15. The molecule has 2 aromatic rings. The molecule has 0 unspecified atom stereocenters. The maximum absolute atomic E-state index is 6.01. The number of benzene rings is 1. The fourth-order valence-corrected chi connectivity index (χ4v) is 1.74. The van der Waals surface area contributed by atoms with Crippen molar-refractivity contribution in [2.75, 3.05) is 38.0 Å². The van der Waals surface area contributed by atoms with Crippen LogP contribution in [0.2, 0.25) is 5.02 Å². The van der Waals surface area contributed by atoms with E-state index in [9.17, 15) is 0 Å². The predicted molar refractivity (Wildman–Crippen MR) is 75.0 cm³/mol. The third-order valence-corrected chi connectivity index (χ3v) is 2.67. The molecule has 1 aromatic carbocycles. The van der Waals surface area contributed by atoms with Gasteiger partial charge in [-0.2, -0.15) is 9.67 Å².